The van der Waals surface area contributed by atoms with E-state index in [9.17, 15) is 4.79 Å². The highest BCUT2D eigenvalue weighted by Crippen LogP contribution is 2.25. The molecule has 1 aromatic heterocycles. The minimum Gasteiger partial charge on any atom is -0.348 e. The number of nitrogens with zero attached hydrogens (tertiary/aromatic N) is 2. The zero-order chi connectivity index (χ0) is 14.7. The zero-order valence-corrected chi connectivity index (χ0v) is 12.9. The predicted molar refractivity (Wildman–Crippen MR) is 84.4 cm³/mol. The van der Waals surface area contributed by atoms with Crippen LogP contribution in [0.4, 0.5) is 0 Å². The van der Waals surface area contributed by atoms with Gasteiger partial charge in [0.15, 0.2) is 0 Å². The van der Waals surface area contributed by atoms with Crippen LogP contribution in [0.25, 0.3) is 11.3 Å². The van der Waals surface area contributed by atoms with Crippen LogP contribution in [0.15, 0.2) is 24.3 Å². The van der Waals surface area contributed by atoms with Crippen LogP contribution >= 0.6 is 11.5 Å². The molecule has 0 spiro atoms. The third-order valence-electron chi connectivity index (χ3n) is 3.96. The smallest absolute Gasteiger partial charge is 0.265 e. The van der Waals surface area contributed by atoms with Gasteiger partial charge in [-0.15, -0.1) is 5.10 Å². The lowest BCUT2D eigenvalue weighted by Crippen LogP contribution is -2.36. The monoisotopic (exact) mass is 301 g/mol. The van der Waals surface area contributed by atoms with E-state index < -0.39 is 0 Å². The molecule has 0 radical (unpaired) electrons. The Balaban J connectivity index is 1.78. The molecule has 1 aliphatic rings. The van der Waals surface area contributed by atoms with Crippen LogP contribution in [0, 0.1) is 6.92 Å². The van der Waals surface area contributed by atoms with Gasteiger partial charge in [0.05, 0.1) is 0 Å². The summed E-state index contributed by atoms with van der Waals surface area (Å²) in [6.45, 7) is 2.04. The van der Waals surface area contributed by atoms with Gasteiger partial charge < -0.3 is 5.32 Å². The Bertz CT molecular complexity index is 615. The number of aromatic nitrogens is 2. The second-order valence-corrected chi connectivity index (χ2v) is 6.38. The van der Waals surface area contributed by atoms with Gasteiger partial charge in [-0.3, -0.25) is 4.79 Å². The van der Waals surface area contributed by atoms with E-state index in [2.05, 4.69) is 14.9 Å². The zero-order valence-electron chi connectivity index (χ0n) is 12.1. The summed E-state index contributed by atoms with van der Waals surface area (Å²) in [6.07, 6.45) is 5.85. The molecule has 1 N–H and O–H groups in total. The Morgan fingerprint density at radius 2 is 1.90 bits per heavy atom. The number of carbonyl (C=O) groups is 1. The number of hydrogen-bond donors (Lipinski definition) is 1. The summed E-state index contributed by atoms with van der Waals surface area (Å²) in [5.41, 5.74) is 2.83. The molecule has 0 atom stereocenters. The number of aryl methyl sites for hydroxylation is 1. The minimum absolute atomic E-state index is 0.0347. The molecule has 1 aliphatic carbocycles. The van der Waals surface area contributed by atoms with Crippen molar-refractivity contribution in [3.8, 4) is 11.3 Å². The molecule has 5 heteroatoms. The van der Waals surface area contributed by atoms with Crippen molar-refractivity contribution >= 4 is 17.4 Å². The number of nitrogens with one attached hydrogen (secondary N) is 1. The van der Waals surface area contributed by atoms with Crippen molar-refractivity contribution in [1.29, 1.82) is 0 Å². The predicted octanol–water partition coefficient (Wildman–Crippen LogP) is 3.58. The lowest BCUT2D eigenvalue weighted by atomic mass is 9.95. The Morgan fingerprint density at radius 3 is 2.62 bits per heavy atom. The second kappa shape index (κ2) is 6.35. The van der Waals surface area contributed by atoms with E-state index in [1.165, 1.54) is 36.4 Å². The van der Waals surface area contributed by atoms with Crippen molar-refractivity contribution in [2.75, 3.05) is 0 Å². The Kier molecular flexibility index (Phi) is 4.29. The van der Waals surface area contributed by atoms with Crippen LogP contribution in [0.5, 0.6) is 0 Å². The average Bonchev–Trinajstić information content (AvgIpc) is 2.98. The summed E-state index contributed by atoms with van der Waals surface area (Å²) in [6, 6.07) is 8.33. The maximum absolute atomic E-state index is 12.5. The van der Waals surface area contributed by atoms with Gasteiger partial charge in [0.25, 0.3) is 5.91 Å². The lowest BCUT2D eigenvalue weighted by molar-refractivity contribution is 0.0932. The molecule has 3 rings (SSSR count). The molecule has 1 aromatic carbocycles. The molecule has 0 aliphatic heterocycles. The molecule has 0 bridgehead atoms. The van der Waals surface area contributed by atoms with Gasteiger partial charge in [0, 0.05) is 11.6 Å². The number of amides is 1. The van der Waals surface area contributed by atoms with Gasteiger partial charge >= 0.3 is 0 Å². The standard InChI is InChI=1S/C16H19N3OS/c1-11-7-9-12(10-8-11)14-15(21-19-18-14)16(20)17-13-5-3-2-4-6-13/h7-10,13H,2-6H2,1H3,(H,17,20). The molecule has 110 valence electrons. The van der Waals surface area contributed by atoms with Crippen molar-refractivity contribution in [3.63, 3.8) is 0 Å². The van der Waals surface area contributed by atoms with Crippen molar-refractivity contribution < 1.29 is 4.79 Å². The fraction of sp³-hybridized carbons (Fsp3) is 0.438. The van der Waals surface area contributed by atoms with E-state index >= 15 is 0 Å². The normalized spacial score (nSPS) is 15.9. The summed E-state index contributed by atoms with van der Waals surface area (Å²) in [7, 11) is 0. The highest BCUT2D eigenvalue weighted by molar-refractivity contribution is 7.08. The van der Waals surface area contributed by atoms with E-state index in [1.807, 2.05) is 31.2 Å². The molecule has 1 fully saturated rings. The van der Waals surface area contributed by atoms with Gasteiger partial charge in [-0.2, -0.15) is 0 Å². The molecular formula is C16H19N3OS. The summed E-state index contributed by atoms with van der Waals surface area (Å²) < 4.78 is 3.97. The second-order valence-electron chi connectivity index (χ2n) is 5.63. The summed E-state index contributed by atoms with van der Waals surface area (Å²) in [4.78, 5) is 13.1. The quantitative estimate of drug-likeness (QED) is 0.942. The van der Waals surface area contributed by atoms with Gasteiger partial charge in [-0.25, -0.2) is 0 Å². The molecule has 21 heavy (non-hydrogen) atoms. The summed E-state index contributed by atoms with van der Waals surface area (Å²) in [5.74, 6) is -0.0347. The Hall–Kier alpha value is -1.75. The van der Waals surface area contributed by atoms with Crippen molar-refractivity contribution in [3.05, 3.63) is 34.7 Å². The number of benzene rings is 1. The van der Waals surface area contributed by atoms with Crippen molar-refractivity contribution in [1.82, 2.24) is 14.9 Å². The van der Waals surface area contributed by atoms with E-state index in [4.69, 9.17) is 0 Å². The Labute approximate surface area is 128 Å². The molecule has 4 nitrogen and oxygen atoms in total. The number of carbonyl (C=O) groups excluding carboxylic acids is 1. The van der Waals surface area contributed by atoms with E-state index in [0.29, 0.717) is 16.6 Å². The van der Waals surface area contributed by atoms with E-state index in [0.717, 1.165) is 18.4 Å². The molecule has 1 amide bonds. The highest BCUT2D eigenvalue weighted by Gasteiger charge is 2.21. The first-order valence-corrected chi connectivity index (χ1v) is 8.21. The highest BCUT2D eigenvalue weighted by atomic mass is 32.1. The van der Waals surface area contributed by atoms with Crippen LogP contribution in [0.3, 0.4) is 0 Å². The molecule has 2 aromatic rings. The fourth-order valence-corrected chi connectivity index (χ4v) is 3.33. The van der Waals surface area contributed by atoms with Gasteiger partial charge in [0.2, 0.25) is 0 Å². The molecular weight excluding hydrogens is 282 g/mol. The van der Waals surface area contributed by atoms with Crippen molar-refractivity contribution in [2.24, 2.45) is 0 Å². The van der Waals surface area contributed by atoms with Gasteiger partial charge in [-0.1, -0.05) is 53.6 Å². The number of rotatable bonds is 3. The first-order valence-electron chi connectivity index (χ1n) is 7.44. The Morgan fingerprint density at radius 1 is 1.19 bits per heavy atom. The summed E-state index contributed by atoms with van der Waals surface area (Å²) >= 11 is 1.17. The molecule has 1 saturated carbocycles. The fourth-order valence-electron chi connectivity index (χ4n) is 2.74. The topological polar surface area (TPSA) is 54.9 Å². The molecule has 1 heterocycles. The molecule has 0 saturated heterocycles. The molecule has 0 unspecified atom stereocenters. The lowest BCUT2D eigenvalue weighted by Gasteiger charge is -2.22. The maximum atomic E-state index is 12.5. The van der Waals surface area contributed by atoms with E-state index in [-0.39, 0.29) is 5.91 Å². The SMILES string of the molecule is Cc1ccc(-c2nnsc2C(=O)NC2CCCCC2)cc1. The van der Waals surface area contributed by atoms with Crippen LogP contribution in [0.1, 0.15) is 47.3 Å². The third kappa shape index (κ3) is 3.29. The average molecular weight is 301 g/mol. The van der Waals surface area contributed by atoms with Crippen LogP contribution < -0.4 is 5.32 Å². The number of hydrogen-bond acceptors (Lipinski definition) is 4. The summed E-state index contributed by atoms with van der Waals surface area (Å²) in [5, 5.41) is 7.27. The first kappa shape index (κ1) is 14.2. The first-order chi connectivity index (χ1) is 10.2. The van der Waals surface area contributed by atoms with Crippen LogP contribution in [-0.2, 0) is 0 Å². The van der Waals surface area contributed by atoms with Crippen LogP contribution in [0.2, 0.25) is 0 Å². The van der Waals surface area contributed by atoms with Gasteiger partial charge in [-0.05, 0) is 31.3 Å². The largest absolute Gasteiger partial charge is 0.348 e. The van der Waals surface area contributed by atoms with Gasteiger partial charge in [0.1, 0.15) is 10.6 Å². The minimum atomic E-state index is -0.0347. The third-order valence-corrected chi connectivity index (χ3v) is 4.68. The van der Waals surface area contributed by atoms with E-state index in [1.54, 1.807) is 0 Å². The van der Waals surface area contributed by atoms with Crippen LogP contribution in [-0.4, -0.2) is 21.5 Å². The maximum Gasteiger partial charge on any atom is 0.265 e. The van der Waals surface area contributed by atoms with Crippen molar-refractivity contribution in [2.45, 2.75) is 45.1 Å².